The van der Waals surface area contributed by atoms with E-state index in [1.54, 1.807) is 4.90 Å². The predicted octanol–water partition coefficient (Wildman–Crippen LogP) is 1.47. The van der Waals surface area contributed by atoms with Gasteiger partial charge in [-0.15, -0.1) is 0 Å². The topological polar surface area (TPSA) is 70.1 Å². The summed E-state index contributed by atoms with van der Waals surface area (Å²) in [5.41, 5.74) is 4.84. The van der Waals surface area contributed by atoms with Crippen molar-refractivity contribution in [1.82, 2.24) is 4.90 Å². The third-order valence-corrected chi connectivity index (χ3v) is 6.01. The molecule has 0 aromatic carbocycles. The first kappa shape index (κ1) is 9.95. The lowest BCUT2D eigenvalue weighted by molar-refractivity contribution is 0.0991. The summed E-state index contributed by atoms with van der Waals surface area (Å²) < 4.78 is 0. The van der Waals surface area contributed by atoms with E-state index < -0.39 is 11.6 Å². The Morgan fingerprint density at radius 3 is 2.75 bits per heavy atom. The normalized spacial score (nSPS) is 53.1. The molecule has 16 heavy (non-hydrogen) atoms. The highest BCUT2D eigenvalue weighted by molar-refractivity contribution is 5.75. The molecule has 2 amide bonds. The molecule has 4 atom stereocenters. The van der Waals surface area contributed by atoms with Crippen LogP contribution in [0.15, 0.2) is 0 Å². The number of primary amides is 1. The number of piperidine rings is 1. The van der Waals surface area contributed by atoms with Crippen LogP contribution in [0.2, 0.25) is 0 Å². The van der Waals surface area contributed by atoms with Crippen LogP contribution in [-0.4, -0.2) is 23.0 Å². The highest BCUT2D eigenvalue weighted by Crippen LogP contribution is 2.75. The van der Waals surface area contributed by atoms with Crippen LogP contribution in [0.3, 0.4) is 0 Å². The number of hydrogen-bond acceptors (Lipinski definition) is 2. The third kappa shape index (κ3) is 0.659. The number of nitriles is 1. The Morgan fingerprint density at radius 1 is 1.56 bits per heavy atom. The summed E-state index contributed by atoms with van der Waals surface area (Å²) in [4.78, 5) is 13.1. The fourth-order valence-corrected chi connectivity index (χ4v) is 4.78. The van der Waals surface area contributed by atoms with Gasteiger partial charge in [0.05, 0.1) is 6.07 Å². The van der Waals surface area contributed by atoms with E-state index in [9.17, 15) is 10.1 Å². The van der Waals surface area contributed by atoms with Crippen molar-refractivity contribution in [2.24, 2.45) is 22.5 Å². The van der Waals surface area contributed by atoms with E-state index in [-0.39, 0.29) is 10.8 Å². The summed E-state index contributed by atoms with van der Waals surface area (Å²) >= 11 is 0. The lowest BCUT2D eigenvalue weighted by Crippen LogP contribution is -2.56. The molecule has 1 aliphatic heterocycles. The zero-order chi connectivity index (χ0) is 11.8. The monoisotopic (exact) mass is 219 g/mol. The Hall–Kier alpha value is -1.24. The number of likely N-dealkylation sites (tertiary alicyclic amines) is 1. The lowest BCUT2D eigenvalue weighted by atomic mass is 9.66. The summed E-state index contributed by atoms with van der Waals surface area (Å²) in [6.45, 7) is 5.07. The fourth-order valence-electron chi connectivity index (χ4n) is 4.78. The number of amides is 2. The molecule has 2 aliphatic carbocycles. The van der Waals surface area contributed by atoms with Gasteiger partial charge in [-0.05, 0) is 30.6 Å². The molecule has 3 fully saturated rings. The molecular formula is C12H17N3O. The van der Waals surface area contributed by atoms with Crippen LogP contribution >= 0.6 is 0 Å². The van der Waals surface area contributed by atoms with Crippen LogP contribution in [0, 0.1) is 28.1 Å². The largest absolute Gasteiger partial charge is 0.351 e. The van der Waals surface area contributed by atoms with Gasteiger partial charge >= 0.3 is 6.03 Å². The molecule has 4 unspecified atom stereocenters. The van der Waals surface area contributed by atoms with Gasteiger partial charge in [-0.25, -0.2) is 4.79 Å². The van der Waals surface area contributed by atoms with Crippen molar-refractivity contribution < 1.29 is 4.79 Å². The van der Waals surface area contributed by atoms with E-state index in [0.717, 1.165) is 12.8 Å². The average molecular weight is 219 g/mol. The number of nitrogens with two attached hydrogens (primary N) is 1. The van der Waals surface area contributed by atoms with E-state index in [0.29, 0.717) is 12.5 Å². The van der Waals surface area contributed by atoms with E-state index >= 15 is 0 Å². The van der Waals surface area contributed by atoms with Crippen LogP contribution in [0.4, 0.5) is 4.79 Å². The zero-order valence-corrected chi connectivity index (χ0v) is 9.79. The maximum Gasteiger partial charge on any atom is 0.316 e. The molecule has 4 bridgehead atoms. The summed E-state index contributed by atoms with van der Waals surface area (Å²) in [5, 5.41) is 9.56. The third-order valence-electron chi connectivity index (χ3n) is 6.01. The Balaban J connectivity index is 2.19. The summed E-state index contributed by atoms with van der Waals surface area (Å²) in [6.07, 6.45) is 3.06. The highest BCUT2D eigenvalue weighted by atomic mass is 16.2. The Labute approximate surface area is 95.4 Å². The minimum Gasteiger partial charge on any atom is -0.351 e. The number of carbonyl (C=O) groups is 1. The number of urea groups is 1. The fraction of sp³-hybridized carbons (Fsp3) is 0.833. The van der Waals surface area contributed by atoms with Crippen molar-refractivity contribution in [3.63, 3.8) is 0 Å². The van der Waals surface area contributed by atoms with Crippen molar-refractivity contribution >= 4 is 6.03 Å². The number of rotatable bonds is 0. The molecule has 86 valence electrons. The van der Waals surface area contributed by atoms with Gasteiger partial charge in [0.2, 0.25) is 0 Å². The molecule has 4 heteroatoms. The number of carbonyl (C=O) groups excluding carboxylic acids is 1. The van der Waals surface area contributed by atoms with Crippen LogP contribution < -0.4 is 5.73 Å². The zero-order valence-electron chi connectivity index (χ0n) is 9.79. The minimum absolute atomic E-state index is 0.0611. The van der Waals surface area contributed by atoms with E-state index in [1.165, 1.54) is 6.42 Å². The number of hydrogen-bond donors (Lipinski definition) is 1. The van der Waals surface area contributed by atoms with Gasteiger partial charge in [-0.1, -0.05) is 13.8 Å². The molecule has 0 radical (unpaired) electrons. The SMILES string of the molecule is CC12CN(C(N)=O)C3(C#N)CC1CCC23C. The van der Waals surface area contributed by atoms with Crippen molar-refractivity contribution in [1.29, 1.82) is 5.26 Å². The second-order valence-corrected chi connectivity index (χ2v) is 6.09. The van der Waals surface area contributed by atoms with Crippen LogP contribution in [-0.2, 0) is 0 Å². The smallest absolute Gasteiger partial charge is 0.316 e. The van der Waals surface area contributed by atoms with Crippen LogP contribution in [0.1, 0.15) is 33.1 Å². The van der Waals surface area contributed by atoms with Gasteiger partial charge in [0.1, 0.15) is 5.54 Å². The molecule has 3 aliphatic rings. The van der Waals surface area contributed by atoms with Gasteiger partial charge < -0.3 is 10.6 Å². The van der Waals surface area contributed by atoms with Crippen molar-refractivity contribution in [3.05, 3.63) is 0 Å². The Bertz CT molecular complexity index is 428. The second-order valence-electron chi connectivity index (χ2n) is 6.09. The van der Waals surface area contributed by atoms with Gasteiger partial charge in [0.25, 0.3) is 0 Å². The first-order valence-electron chi connectivity index (χ1n) is 5.90. The summed E-state index contributed by atoms with van der Waals surface area (Å²) in [6, 6.07) is 1.99. The molecule has 0 aromatic heterocycles. The average Bonchev–Trinajstić information content (AvgIpc) is 2.68. The van der Waals surface area contributed by atoms with Gasteiger partial charge in [0, 0.05) is 12.0 Å². The van der Waals surface area contributed by atoms with Crippen LogP contribution in [0.5, 0.6) is 0 Å². The van der Waals surface area contributed by atoms with Crippen LogP contribution in [0.25, 0.3) is 0 Å². The maximum atomic E-state index is 11.5. The van der Waals surface area contributed by atoms with Crippen molar-refractivity contribution in [2.75, 3.05) is 6.54 Å². The molecule has 0 aromatic rings. The molecule has 1 heterocycles. The van der Waals surface area contributed by atoms with Gasteiger partial charge in [0.15, 0.2) is 0 Å². The number of nitrogens with zero attached hydrogens (tertiary/aromatic N) is 2. The standard InChI is InChI=1S/C12H17N3O/c1-10-7-15(9(14)16)12(6-13)5-8(10)3-4-11(10,12)2/h8H,3-5,7H2,1-2H3,(H2,14,16). The summed E-state index contributed by atoms with van der Waals surface area (Å²) in [5.74, 6) is 0.591. The molecular weight excluding hydrogens is 202 g/mol. The predicted molar refractivity (Wildman–Crippen MR) is 58.2 cm³/mol. The van der Waals surface area contributed by atoms with E-state index in [2.05, 4.69) is 19.9 Å². The van der Waals surface area contributed by atoms with Gasteiger partial charge in [-0.2, -0.15) is 5.26 Å². The van der Waals surface area contributed by atoms with Crippen molar-refractivity contribution in [3.8, 4) is 6.07 Å². The molecule has 2 saturated carbocycles. The van der Waals surface area contributed by atoms with E-state index in [4.69, 9.17) is 5.73 Å². The first-order chi connectivity index (χ1) is 7.41. The van der Waals surface area contributed by atoms with Crippen molar-refractivity contribution in [2.45, 2.75) is 38.6 Å². The quantitative estimate of drug-likeness (QED) is 0.670. The Morgan fingerprint density at radius 2 is 2.25 bits per heavy atom. The second kappa shape index (κ2) is 2.37. The maximum absolute atomic E-state index is 11.5. The minimum atomic E-state index is -0.628. The van der Waals surface area contributed by atoms with Gasteiger partial charge in [-0.3, -0.25) is 0 Å². The first-order valence-corrected chi connectivity index (χ1v) is 5.90. The molecule has 3 rings (SSSR count). The molecule has 2 N–H and O–H groups in total. The molecule has 4 nitrogen and oxygen atoms in total. The lowest BCUT2D eigenvalue weighted by Gasteiger charge is -2.42. The molecule has 0 spiro atoms. The highest BCUT2D eigenvalue weighted by Gasteiger charge is 2.78. The van der Waals surface area contributed by atoms with E-state index in [1.807, 2.05) is 0 Å². The Kier molecular flexibility index (Phi) is 1.47. The summed E-state index contributed by atoms with van der Waals surface area (Å²) in [7, 11) is 0. The molecule has 1 saturated heterocycles.